The Morgan fingerprint density at radius 1 is 1.33 bits per heavy atom. The third kappa shape index (κ3) is 2.85. The summed E-state index contributed by atoms with van der Waals surface area (Å²) in [4.78, 5) is 28.9. The van der Waals surface area contributed by atoms with Crippen molar-refractivity contribution < 1.29 is 9.53 Å². The van der Waals surface area contributed by atoms with Gasteiger partial charge in [-0.25, -0.2) is 4.79 Å². The smallest absolute Gasteiger partial charge is 0.323 e. The van der Waals surface area contributed by atoms with Gasteiger partial charge in [0.05, 0.1) is 11.0 Å². The number of H-pyrrole nitrogens is 2. The van der Waals surface area contributed by atoms with Gasteiger partial charge in [0.25, 0.3) is 5.91 Å². The largest absolute Gasteiger partial charge is 0.365 e. The summed E-state index contributed by atoms with van der Waals surface area (Å²) >= 11 is 0. The van der Waals surface area contributed by atoms with Crippen LogP contribution in [0, 0.1) is 0 Å². The fourth-order valence-electron chi connectivity index (χ4n) is 2.67. The van der Waals surface area contributed by atoms with Crippen molar-refractivity contribution in [2.75, 3.05) is 6.61 Å². The number of hydrogen-bond donors (Lipinski definition) is 3. The number of fused-ring (bicyclic) bond motifs is 1. The standard InChI is InChI=1S/C15H19N3O3/c1-15(6-2-3-7-21-15)13(19)16-9-10-4-5-11-12(8-10)18-14(20)17-11/h4-5,8H,2-3,6-7,9H2,1H3,(H,16,19)(H2,17,18,20). The molecule has 0 spiro atoms. The van der Waals surface area contributed by atoms with E-state index < -0.39 is 5.60 Å². The minimum Gasteiger partial charge on any atom is -0.365 e. The van der Waals surface area contributed by atoms with E-state index in [9.17, 15) is 9.59 Å². The molecule has 1 atom stereocenters. The molecular formula is C15H19N3O3. The number of ether oxygens (including phenoxy) is 1. The van der Waals surface area contributed by atoms with E-state index in [4.69, 9.17) is 4.74 Å². The molecule has 1 aromatic heterocycles. The van der Waals surface area contributed by atoms with E-state index in [0.717, 1.165) is 35.9 Å². The van der Waals surface area contributed by atoms with E-state index >= 15 is 0 Å². The topological polar surface area (TPSA) is 87.0 Å². The zero-order valence-corrected chi connectivity index (χ0v) is 12.0. The van der Waals surface area contributed by atoms with Crippen LogP contribution in [-0.4, -0.2) is 28.1 Å². The molecule has 3 rings (SSSR count). The van der Waals surface area contributed by atoms with E-state index in [-0.39, 0.29) is 11.6 Å². The highest BCUT2D eigenvalue weighted by molar-refractivity contribution is 5.85. The van der Waals surface area contributed by atoms with Gasteiger partial charge >= 0.3 is 5.69 Å². The number of amides is 1. The SMILES string of the molecule is CC1(C(=O)NCc2ccc3[nH]c(=O)[nH]c3c2)CCCCO1. The molecule has 112 valence electrons. The summed E-state index contributed by atoms with van der Waals surface area (Å²) in [5.74, 6) is -0.0788. The lowest BCUT2D eigenvalue weighted by Gasteiger charge is -2.32. The Morgan fingerprint density at radius 3 is 2.90 bits per heavy atom. The quantitative estimate of drug-likeness (QED) is 0.799. The second-order valence-electron chi connectivity index (χ2n) is 5.68. The van der Waals surface area contributed by atoms with Gasteiger partial charge in [-0.3, -0.25) is 4.79 Å². The first-order valence-corrected chi connectivity index (χ1v) is 7.20. The molecule has 1 fully saturated rings. The Bertz CT molecular complexity index is 710. The molecule has 2 heterocycles. The number of aromatic amines is 2. The van der Waals surface area contributed by atoms with Crippen molar-refractivity contribution in [1.29, 1.82) is 0 Å². The molecule has 1 aromatic carbocycles. The Hall–Kier alpha value is -2.08. The monoisotopic (exact) mass is 289 g/mol. The lowest BCUT2D eigenvalue weighted by atomic mass is 9.95. The summed E-state index contributed by atoms with van der Waals surface area (Å²) < 4.78 is 5.62. The molecule has 0 aliphatic carbocycles. The zero-order chi connectivity index (χ0) is 14.9. The zero-order valence-electron chi connectivity index (χ0n) is 12.0. The highest BCUT2D eigenvalue weighted by Gasteiger charge is 2.35. The second kappa shape index (κ2) is 5.37. The van der Waals surface area contributed by atoms with Crippen LogP contribution in [0.4, 0.5) is 0 Å². The van der Waals surface area contributed by atoms with Crippen molar-refractivity contribution in [1.82, 2.24) is 15.3 Å². The third-order valence-electron chi connectivity index (χ3n) is 3.98. The minimum absolute atomic E-state index is 0.0788. The van der Waals surface area contributed by atoms with E-state index in [0.29, 0.717) is 13.2 Å². The highest BCUT2D eigenvalue weighted by Crippen LogP contribution is 2.24. The molecule has 1 aliphatic heterocycles. The second-order valence-corrected chi connectivity index (χ2v) is 5.68. The first kappa shape index (κ1) is 13.9. The summed E-state index contributed by atoms with van der Waals surface area (Å²) in [7, 11) is 0. The van der Waals surface area contributed by atoms with Crippen molar-refractivity contribution in [2.45, 2.75) is 38.3 Å². The fraction of sp³-hybridized carbons (Fsp3) is 0.467. The molecule has 1 saturated heterocycles. The van der Waals surface area contributed by atoms with Crippen LogP contribution in [0.5, 0.6) is 0 Å². The average molecular weight is 289 g/mol. The van der Waals surface area contributed by atoms with Gasteiger partial charge in [-0.1, -0.05) is 6.07 Å². The Morgan fingerprint density at radius 2 is 2.14 bits per heavy atom. The summed E-state index contributed by atoms with van der Waals surface area (Å²) in [6.07, 6.45) is 2.78. The summed E-state index contributed by atoms with van der Waals surface area (Å²) in [5, 5.41) is 2.91. The van der Waals surface area contributed by atoms with Gasteiger partial charge in [0, 0.05) is 13.2 Å². The number of carbonyl (C=O) groups excluding carboxylic acids is 1. The highest BCUT2D eigenvalue weighted by atomic mass is 16.5. The summed E-state index contributed by atoms with van der Waals surface area (Å²) in [5.41, 5.74) is 1.49. The fourth-order valence-corrected chi connectivity index (χ4v) is 2.67. The minimum atomic E-state index is -0.718. The van der Waals surface area contributed by atoms with Gasteiger partial charge in [0.1, 0.15) is 5.60 Å². The number of aromatic nitrogens is 2. The van der Waals surface area contributed by atoms with Gasteiger partial charge in [-0.2, -0.15) is 0 Å². The van der Waals surface area contributed by atoms with E-state index in [1.54, 1.807) is 0 Å². The van der Waals surface area contributed by atoms with Crippen molar-refractivity contribution in [3.8, 4) is 0 Å². The maximum absolute atomic E-state index is 12.3. The molecule has 1 amide bonds. The number of imidazole rings is 1. The molecule has 1 unspecified atom stereocenters. The molecule has 21 heavy (non-hydrogen) atoms. The Labute approximate surface area is 121 Å². The van der Waals surface area contributed by atoms with Crippen LogP contribution < -0.4 is 11.0 Å². The summed E-state index contributed by atoms with van der Waals surface area (Å²) in [6, 6.07) is 5.57. The van der Waals surface area contributed by atoms with Crippen LogP contribution in [0.2, 0.25) is 0 Å². The molecule has 0 radical (unpaired) electrons. The van der Waals surface area contributed by atoms with E-state index in [1.807, 2.05) is 25.1 Å². The summed E-state index contributed by atoms with van der Waals surface area (Å²) in [6.45, 7) is 2.90. The number of nitrogens with one attached hydrogen (secondary N) is 3. The van der Waals surface area contributed by atoms with Crippen LogP contribution in [0.1, 0.15) is 31.7 Å². The Balaban J connectivity index is 1.68. The molecule has 1 aliphatic rings. The van der Waals surface area contributed by atoms with Crippen LogP contribution in [0.25, 0.3) is 11.0 Å². The van der Waals surface area contributed by atoms with Gasteiger partial charge in [0.15, 0.2) is 0 Å². The normalized spacial score (nSPS) is 22.3. The van der Waals surface area contributed by atoms with Crippen LogP contribution in [0.15, 0.2) is 23.0 Å². The molecular weight excluding hydrogens is 270 g/mol. The lowest BCUT2D eigenvalue weighted by Crippen LogP contribution is -2.48. The van der Waals surface area contributed by atoms with Crippen molar-refractivity contribution >= 4 is 16.9 Å². The van der Waals surface area contributed by atoms with Crippen LogP contribution >= 0.6 is 0 Å². The van der Waals surface area contributed by atoms with Crippen LogP contribution in [0.3, 0.4) is 0 Å². The lowest BCUT2D eigenvalue weighted by molar-refractivity contribution is -0.150. The molecule has 2 aromatic rings. The van der Waals surface area contributed by atoms with Crippen molar-refractivity contribution in [3.05, 3.63) is 34.2 Å². The number of rotatable bonds is 3. The van der Waals surface area contributed by atoms with Gasteiger partial charge in [-0.15, -0.1) is 0 Å². The first-order valence-electron chi connectivity index (χ1n) is 7.20. The van der Waals surface area contributed by atoms with Crippen LogP contribution in [-0.2, 0) is 16.1 Å². The Kier molecular flexibility index (Phi) is 3.55. The maximum atomic E-state index is 12.3. The van der Waals surface area contributed by atoms with Gasteiger partial charge in [-0.05, 0) is 43.9 Å². The van der Waals surface area contributed by atoms with E-state index in [2.05, 4.69) is 15.3 Å². The van der Waals surface area contributed by atoms with Crippen molar-refractivity contribution in [3.63, 3.8) is 0 Å². The molecule has 0 saturated carbocycles. The van der Waals surface area contributed by atoms with Gasteiger partial charge < -0.3 is 20.0 Å². The molecule has 6 heteroatoms. The molecule has 0 bridgehead atoms. The van der Waals surface area contributed by atoms with Gasteiger partial charge in [0.2, 0.25) is 0 Å². The maximum Gasteiger partial charge on any atom is 0.323 e. The predicted octanol–water partition coefficient (Wildman–Crippen LogP) is 1.43. The molecule has 6 nitrogen and oxygen atoms in total. The number of benzene rings is 1. The third-order valence-corrected chi connectivity index (χ3v) is 3.98. The van der Waals surface area contributed by atoms with Crippen molar-refractivity contribution in [2.24, 2.45) is 0 Å². The number of carbonyl (C=O) groups is 1. The molecule has 3 N–H and O–H groups in total. The van der Waals surface area contributed by atoms with E-state index in [1.165, 1.54) is 0 Å². The average Bonchev–Trinajstić information content (AvgIpc) is 2.84. The first-order chi connectivity index (χ1) is 10.1. The number of hydrogen-bond acceptors (Lipinski definition) is 3. The predicted molar refractivity (Wildman–Crippen MR) is 79.0 cm³/mol.